The molecule has 0 amide bonds. The van der Waals surface area contributed by atoms with E-state index in [4.69, 9.17) is 9.19 Å². The van der Waals surface area contributed by atoms with E-state index in [1.54, 1.807) is 0 Å². The van der Waals surface area contributed by atoms with E-state index in [2.05, 4.69) is 34.5 Å². The van der Waals surface area contributed by atoms with E-state index in [0.717, 1.165) is 4.48 Å². The van der Waals surface area contributed by atoms with Crippen molar-refractivity contribution in [2.24, 2.45) is 0 Å². The number of nitrogens with zero attached hydrogens (tertiary/aromatic N) is 1. The molecule has 0 aliphatic carbocycles. The van der Waals surface area contributed by atoms with E-state index in [0.29, 0.717) is 0 Å². The van der Waals surface area contributed by atoms with Crippen LogP contribution >= 0.6 is 13.9 Å². The second kappa shape index (κ2) is 3.89. The van der Waals surface area contributed by atoms with Crippen LogP contribution in [0.15, 0.2) is 0 Å². The van der Waals surface area contributed by atoms with E-state index in [-0.39, 0.29) is 17.6 Å². The van der Waals surface area contributed by atoms with Gasteiger partial charge in [0.1, 0.15) is 0 Å². The summed E-state index contributed by atoms with van der Waals surface area (Å²) < 4.78 is 0.349. The Bertz CT molecular complexity index is 156. The van der Waals surface area contributed by atoms with Gasteiger partial charge in [0.05, 0.1) is 0 Å². The molecule has 0 aliphatic heterocycles. The molecule has 0 spiro atoms. The van der Waals surface area contributed by atoms with Crippen molar-refractivity contribution in [2.75, 3.05) is 40.8 Å². The summed E-state index contributed by atoms with van der Waals surface area (Å²) in [5.74, 6) is 0. The van der Waals surface area contributed by atoms with Gasteiger partial charge in [-0.2, -0.15) is 0 Å². The third-order valence-corrected chi connectivity index (χ3v) is 13.3. The van der Waals surface area contributed by atoms with Gasteiger partial charge in [0.2, 0.25) is 0 Å². The zero-order valence-corrected chi connectivity index (χ0v) is 11.1. The van der Waals surface area contributed by atoms with Crippen molar-refractivity contribution in [3.05, 3.63) is 0 Å². The average Bonchev–Trinajstić information content (AvgIpc) is 1.60. The van der Waals surface area contributed by atoms with Gasteiger partial charge in [0.25, 0.3) is 0 Å². The predicted molar refractivity (Wildman–Crippen MR) is 47.5 cm³/mol. The Morgan fingerprint density at radius 3 is 1.80 bits per heavy atom. The predicted octanol–water partition coefficient (Wildman–Crippen LogP) is 2.08. The molecule has 0 aromatic rings. The Hall–Kier alpha value is 1.42. The summed E-state index contributed by atoms with van der Waals surface area (Å²) in [6.07, 6.45) is 1.28. The fourth-order valence-electron chi connectivity index (χ4n) is 0.993. The molecule has 0 saturated carbocycles. The molecule has 4 heteroatoms. The van der Waals surface area contributed by atoms with Crippen molar-refractivity contribution in [1.82, 2.24) is 0 Å². The van der Waals surface area contributed by atoms with Crippen LogP contribution in [-0.2, 0) is 17.6 Å². The van der Waals surface area contributed by atoms with Crippen LogP contribution in [0.4, 0.5) is 0 Å². The number of quaternary nitrogens is 1. The maximum atomic E-state index is 5.94. The summed E-state index contributed by atoms with van der Waals surface area (Å²) >= 11 is 0.0658. The van der Waals surface area contributed by atoms with Crippen molar-refractivity contribution in [2.45, 2.75) is 0 Å². The third-order valence-electron chi connectivity index (χ3n) is 0.888. The van der Waals surface area contributed by atoms with E-state index in [1.165, 1.54) is 6.29 Å². The van der Waals surface area contributed by atoms with Crippen molar-refractivity contribution < 1.29 is 22.1 Å². The second-order valence-electron chi connectivity index (χ2n) is 3.93. The number of halogens is 1. The van der Waals surface area contributed by atoms with Crippen molar-refractivity contribution in [3.63, 3.8) is 0 Å². The SMILES string of the molecule is C[N+](C)(C)C[P](C)(C)=[Au][Cl]. The molecule has 10 heavy (non-hydrogen) atoms. The van der Waals surface area contributed by atoms with Gasteiger partial charge in [-0.15, -0.1) is 0 Å². The van der Waals surface area contributed by atoms with Crippen molar-refractivity contribution in [3.8, 4) is 0 Å². The Balaban J connectivity index is 4.17. The summed E-state index contributed by atoms with van der Waals surface area (Å²) in [7, 11) is 12.6. The molecule has 0 unspecified atom stereocenters. The Morgan fingerprint density at radius 1 is 1.30 bits per heavy atom. The first-order valence-electron chi connectivity index (χ1n) is 3.12. The van der Waals surface area contributed by atoms with E-state index in [9.17, 15) is 0 Å². The summed E-state index contributed by atoms with van der Waals surface area (Å²) in [4.78, 5) is 0. The topological polar surface area (TPSA) is 0 Å². The molecule has 0 radical (unpaired) electrons. The van der Waals surface area contributed by atoms with Crippen molar-refractivity contribution in [1.29, 1.82) is 0 Å². The molecule has 0 saturated heterocycles. The van der Waals surface area contributed by atoms with Gasteiger partial charge in [-0.05, 0) is 0 Å². The van der Waals surface area contributed by atoms with Crippen molar-refractivity contribution >= 4 is 13.9 Å². The maximum absolute atomic E-state index is 5.94. The van der Waals surface area contributed by atoms with Gasteiger partial charge in [0, 0.05) is 0 Å². The monoisotopic (exact) mass is 366 g/mol. The molecule has 68 valence electrons. The molecule has 0 aliphatic rings. The molecule has 0 N–H and O–H groups in total. The van der Waals surface area contributed by atoms with Gasteiger partial charge in [-0.1, -0.05) is 0 Å². The standard InChI is InChI=1S/C6H17NP.Au.ClH/c1-7(2,3)6-8(4)5;;/h6H2,1-5H3;;1H/q2*+1;/p-1. The van der Waals surface area contributed by atoms with Gasteiger partial charge in [0.15, 0.2) is 0 Å². The normalized spacial score (nSPS) is 14.2. The first-order valence-corrected chi connectivity index (χ1v) is 11.4. The van der Waals surface area contributed by atoms with E-state index < -0.39 is 4.69 Å². The fourth-order valence-corrected chi connectivity index (χ4v) is 6.87. The quantitative estimate of drug-likeness (QED) is 0.399. The molecular weight excluding hydrogens is 349 g/mol. The Kier molecular flexibility index (Phi) is 4.44. The first-order chi connectivity index (χ1) is 4.27. The number of hydrogen-bond donors (Lipinski definition) is 0. The number of rotatable bonds is 2. The third kappa shape index (κ3) is 6.15. The van der Waals surface area contributed by atoms with Gasteiger partial charge in [-0.25, -0.2) is 0 Å². The van der Waals surface area contributed by atoms with Crippen LogP contribution in [0, 0.1) is 0 Å². The Labute approximate surface area is 76.6 Å². The van der Waals surface area contributed by atoms with Crippen LogP contribution in [0.2, 0.25) is 0 Å². The second-order valence-corrected chi connectivity index (χ2v) is 18.7. The van der Waals surface area contributed by atoms with Crippen LogP contribution in [0.3, 0.4) is 0 Å². The molecule has 0 bridgehead atoms. The van der Waals surface area contributed by atoms with Gasteiger partial charge >= 0.3 is 76.8 Å². The zero-order chi connectivity index (χ0) is 8.41. The minimum absolute atomic E-state index is 0.0658. The molecule has 0 fully saturated rings. The molecule has 0 aromatic carbocycles. The minimum atomic E-state index is -0.710. The van der Waals surface area contributed by atoms with Crippen LogP contribution in [0.1, 0.15) is 0 Å². The summed E-state index contributed by atoms with van der Waals surface area (Å²) in [5.41, 5.74) is 0. The van der Waals surface area contributed by atoms with Crippen LogP contribution in [0.5, 0.6) is 0 Å². The van der Waals surface area contributed by atoms with E-state index >= 15 is 0 Å². The van der Waals surface area contributed by atoms with Crippen LogP contribution < -0.4 is 0 Å². The molecule has 0 aromatic heterocycles. The first kappa shape index (κ1) is 11.4. The van der Waals surface area contributed by atoms with Gasteiger partial charge < -0.3 is 0 Å². The van der Waals surface area contributed by atoms with Crippen LogP contribution in [0.25, 0.3) is 0 Å². The molecular formula is C6H17AuClNP+. The number of hydrogen-bond acceptors (Lipinski definition) is 0. The average molecular weight is 367 g/mol. The van der Waals surface area contributed by atoms with E-state index in [1.807, 2.05) is 0 Å². The Morgan fingerprint density at radius 2 is 1.70 bits per heavy atom. The fraction of sp³-hybridized carbons (Fsp3) is 1.00. The molecule has 1 nitrogen and oxygen atoms in total. The zero-order valence-electron chi connectivity index (χ0n) is 7.28. The summed E-state index contributed by atoms with van der Waals surface area (Å²) in [6.45, 7) is 4.70. The van der Waals surface area contributed by atoms with Gasteiger partial charge in [-0.3, -0.25) is 0 Å². The van der Waals surface area contributed by atoms with Crippen LogP contribution in [-0.4, -0.2) is 45.2 Å². The molecule has 0 atom stereocenters. The summed E-state index contributed by atoms with van der Waals surface area (Å²) in [6, 6.07) is 0. The summed E-state index contributed by atoms with van der Waals surface area (Å²) in [5, 5.41) is 0. The molecule has 0 rings (SSSR count). The molecule has 0 heterocycles.